The highest BCUT2D eigenvalue weighted by Crippen LogP contribution is 2.29. The molecule has 1 amide bonds. The molecule has 1 saturated heterocycles. The molecule has 0 bridgehead atoms. The maximum absolute atomic E-state index is 12.2. The average Bonchev–Trinajstić information content (AvgIpc) is 2.40. The van der Waals surface area contributed by atoms with Gasteiger partial charge < -0.3 is 10.2 Å². The Kier molecular flexibility index (Phi) is 3.36. The Morgan fingerprint density at radius 2 is 2.06 bits per heavy atom. The van der Waals surface area contributed by atoms with Gasteiger partial charge in [0.1, 0.15) is 5.54 Å². The molecule has 1 unspecified atom stereocenters. The van der Waals surface area contributed by atoms with E-state index < -0.39 is 5.54 Å². The second kappa shape index (κ2) is 4.53. The van der Waals surface area contributed by atoms with Crippen molar-refractivity contribution in [2.75, 3.05) is 20.1 Å². The van der Waals surface area contributed by atoms with E-state index in [9.17, 15) is 4.79 Å². The summed E-state index contributed by atoms with van der Waals surface area (Å²) >= 11 is 0. The molecule has 2 aliphatic heterocycles. The zero-order valence-electron chi connectivity index (χ0n) is 11.8. The highest BCUT2D eigenvalue weighted by atomic mass is 16.2. The zero-order chi connectivity index (χ0) is 13.4. The van der Waals surface area contributed by atoms with E-state index in [0.29, 0.717) is 5.96 Å². The van der Waals surface area contributed by atoms with Gasteiger partial charge in [-0.3, -0.25) is 10.1 Å². The molecule has 5 nitrogen and oxygen atoms in total. The molecule has 2 aliphatic rings. The van der Waals surface area contributed by atoms with Crippen molar-refractivity contribution in [1.82, 2.24) is 15.5 Å². The van der Waals surface area contributed by atoms with Crippen LogP contribution in [-0.4, -0.2) is 48.0 Å². The lowest BCUT2D eigenvalue weighted by atomic mass is 9.91. The summed E-state index contributed by atoms with van der Waals surface area (Å²) < 4.78 is 0. The SMILES string of the molecule is CN1CCCC2(CC1)N=C(NC(C)(C)C)NC2=O. The fraction of sp³-hybridized carbons (Fsp3) is 0.846. The first-order chi connectivity index (χ1) is 8.31. The van der Waals surface area contributed by atoms with Gasteiger partial charge in [0, 0.05) is 12.1 Å². The van der Waals surface area contributed by atoms with Gasteiger partial charge in [-0.05, 0) is 53.6 Å². The van der Waals surface area contributed by atoms with Crippen LogP contribution >= 0.6 is 0 Å². The fourth-order valence-corrected chi connectivity index (χ4v) is 2.52. The minimum Gasteiger partial charge on any atom is -0.351 e. The zero-order valence-corrected chi connectivity index (χ0v) is 11.8. The molecule has 1 atom stereocenters. The van der Waals surface area contributed by atoms with Gasteiger partial charge >= 0.3 is 0 Å². The summed E-state index contributed by atoms with van der Waals surface area (Å²) in [5.41, 5.74) is -0.614. The van der Waals surface area contributed by atoms with Crippen LogP contribution in [0, 0.1) is 0 Å². The summed E-state index contributed by atoms with van der Waals surface area (Å²) in [5.74, 6) is 0.696. The quantitative estimate of drug-likeness (QED) is 0.668. The van der Waals surface area contributed by atoms with Crippen molar-refractivity contribution >= 4 is 11.9 Å². The number of guanidine groups is 1. The van der Waals surface area contributed by atoms with E-state index in [1.54, 1.807) is 0 Å². The maximum atomic E-state index is 12.2. The number of hydrogen-bond acceptors (Lipinski definition) is 4. The van der Waals surface area contributed by atoms with E-state index in [2.05, 4.69) is 48.3 Å². The predicted molar refractivity (Wildman–Crippen MR) is 72.5 cm³/mol. The van der Waals surface area contributed by atoms with E-state index in [1.807, 2.05) is 0 Å². The Morgan fingerprint density at radius 3 is 2.72 bits per heavy atom. The van der Waals surface area contributed by atoms with Crippen LogP contribution in [0.15, 0.2) is 4.99 Å². The van der Waals surface area contributed by atoms with E-state index in [4.69, 9.17) is 0 Å². The van der Waals surface area contributed by atoms with Gasteiger partial charge in [0.25, 0.3) is 5.91 Å². The minimum atomic E-state index is -0.529. The first-order valence-electron chi connectivity index (χ1n) is 6.69. The first kappa shape index (κ1) is 13.3. The van der Waals surface area contributed by atoms with Crippen molar-refractivity contribution in [2.24, 2.45) is 4.99 Å². The molecule has 0 aromatic heterocycles. The van der Waals surface area contributed by atoms with Gasteiger partial charge in [-0.2, -0.15) is 0 Å². The third-order valence-corrected chi connectivity index (χ3v) is 3.51. The monoisotopic (exact) mass is 252 g/mol. The molecule has 1 spiro atoms. The maximum Gasteiger partial charge on any atom is 0.254 e. The number of amides is 1. The van der Waals surface area contributed by atoms with Crippen LogP contribution in [0.2, 0.25) is 0 Å². The summed E-state index contributed by atoms with van der Waals surface area (Å²) in [6, 6.07) is 0. The number of nitrogens with zero attached hydrogens (tertiary/aromatic N) is 2. The average molecular weight is 252 g/mol. The summed E-state index contributed by atoms with van der Waals surface area (Å²) in [4.78, 5) is 19.2. The van der Waals surface area contributed by atoms with Crippen molar-refractivity contribution in [1.29, 1.82) is 0 Å². The van der Waals surface area contributed by atoms with E-state index in [1.165, 1.54) is 0 Å². The van der Waals surface area contributed by atoms with Crippen molar-refractivity contribution in [3.05, 3.63) is 0 Å². The highest BCUT2D eigenvalue weighted by Gasteiger charge is 2.44. The Labute approximate surface area is 109 Å². The molecular formula is C13H24N4O. The minimum absolute atomic E-state index is 0.0598. The third kappa shape index (κ3) is 2.83. The second-order valence-electron chi connectivity index (χ2n) is 6.48. The molecule has 5 heteroatoms. The Balaban J connectivity index is 2.14. The first-order valence-corrected chi connectivity index (χ1v) is 6.69. The number of hydrogen-bond donors (Lipinski definition) is 2. The molecule has 2 heterocycles. The van der Waals surface area contributed by atoms with Crippen LogP contribution in [-0.2, 0) is 4.79 Å². The molecular weight excluding hydrogens is 228 g/mol. The van der Waals surface area contributed by atoms with Crippen LogP contribution in [0.5, 0.6) is 0 Å². The lowest BCUT2D eigenvalue weighted by Crippen LogP contribution is -2.47. The van der Waals surface area contributed by atoms with Crippen LogP contribution in [0.4, 0.5) is 0 Å². The standard InChI is InChI=1S/C13H24N4O/c1-12(2,3)15-11-14-10(18)13(16-11)6-5-8-17(4)9-7-13/h5-9H2,1-4H3,(H2,14,15,16,18). The number of aliphatic imine (C=N–C) groups is 1. The number of likely N-dealkylation sites (tertiary alicyclic amines) is 1. The summed E-state index contributed by atoms with van der Waals surface area (Å²) in [6.07, 6.45) is 2.68. The topological polar surface area (TPSA) is 56.7 Å². The smallest absolute Gasteiger partial charge is 0.254 e. The molecule has 0 aliphatic carbocycles. The van der Waals surface area contributed by atoms with Crippen LogP contribution < -0.4 is 10.6 Å². The molecule has 2 N–H and O–H groups in total. The van der Waals surface area contributed by atoms with Crippen molar-refractivity contribution in [2.45, 2.75) is 51.1 Å². The van der Waals surface area contributed by atoms with Crippen LogP contribution in [0.3, 0.4) is 0 Å². The fourth-order valence-electron chi connectivity index (χ4n) is 2.52. The number of carbonyl (C=O) groups is 1. The molecule has 102 valence electrons. The van der Waals surface area contributed by atoms with Gasteiger partial charge in [-0.15, -0.1) is 0 Å². The summed E-state index contributed by atoms with van der Waals surface area (Å²) in [6.45, 7) is 8.17. The molecule has 0 radical (unpaired) electrons. The van der Waals surface area contributed by atoms with Gasteiger partial charge in [0.05, 0.1) is 0 Å². The van der Waals surface area contributed by atoms with Gasteiger partial charge in [-0.1, -0.05) is 0 Å². The normalized spacial score (nSPS) is 30.0. The molecule has 0 aromatic rings. The molecule has 0 aromatic carbocycles. The number of rotatable bonds is 0. The Hall–Kier alpha value is -1.10. The van der Waals surface area contributed by atoms with Gasteiger partial charge in [-0.25, -0.2) is 4.99 Å². The van der Waals surface area contributed by atoms with Crippen molar-refractivity contribution in [3.63, 3.8) is 0 Å². The Bertz CT molecular complexity index is 372. The van der Waals surface area contributed by atoms with Crippen LogP contribution in [0.25, 0.3) is 0 Å². The van der Waals surface area contributed by atoms with Gasteiger partial charge in [0.15, 0.2) is 5.96 Å². The highest BCUT2D eigenvalue weighted by molar-refractivity contribution is 6.07. The van der Waals surface area contributed by atoms with E-state index in [0.717, 1.165) is 32.4 Å². The van der Waals surface area contributed by atoms with E-state index in [-0.39, 0.29) is 11.4 Å². The number of nitrogens with one attached hydrogen (secondary N) is 2. The molecule has 1 fully saturated rings. The lowest BCUT2D eigenvalue weighted by molar-refractivity contribution is -0.124. The van der Waals surface area contributed by atoms with Crippen LogP contribution in [0.1, 0.15) is 40.0 Å². The molecule has 2 rings (SSSR count). The molecule has 18 heavy (non-hydrogen) atoms. The molecule has 0 saturated carbocycles. The van der Waals surface area contributed by atoms with Gasteiger partial charge in [0.2, 0.25) is 0 Å². The number of carbonyl (C=O) groups excluding carboxylic acids is 1. The summed E-state index contributed by atoms with van der Waals surface area (Å²) in [5, 5.41) is 6.15. The predicted octanol–water partition coefficient (Wildman–Crippen LogP) is 0.715. The second-order valence-corrected chi connectivity index (χ2v) is 6.48. The van der Waals surface area contributed by atoms with Crippen molar-refractivity contribution < 1.29 is 4.79 Å². The third-order valence-electron chi connectivity index (χ3n) is 3.51. The largest absolute Gasteiger partial charge is 0.351 e. The Morgan fingerprint density at radius 1 is 1.33 bits per heavy atom. The summed E-state index contributed by atoms with van der Waals surface area (Å²) in [7, 11) is 2.10. The van der Waals surface area contributed by atoms with Crippen molar-refractivity contribution in [3.8, 4) is 0 Å². The van der Waals surface area contributed by atoms with E-state index >= 15 is 0 Å². The lowest BCUT2D eigenvalue weighted by Gasteiger charge is -2.21.